The summed E-state index contributed by atoms with van der Waals surface area (Å²) < 4.78 is 13.1. The molecule has 1 saturated carbocycles. The van der Waals surface area contributed by atoms with Gasteiger partial charge in [-0.25, -0.2) is 0 Å². The molecule has 0 spiro atoms. The minimum Gasteiger partial charge on any atom is -0.461 e. The van der Waals surface area contributed by atoms with E-state index in [2.05, 4.69) is 20.1 Å². The summed E-state index contributed by atoms with van der Waals surface area (Å²) in [7, 11) is 0. The summed E-state index contributed by atoms with van der Waals surface area (Å²) >= 11 is 1.46. The molecule has 1 amide bonds. The third-order valence-electron chi connectivity index (χ3n) is 4.97. The maximum atomic E-state index is 12.5. The van der Waals surface area contributed by atoms with Crippen LogP contribution in [0.2, 0.25) is 0 Å². The van der Waals surface area contributed by atoms with Gasteiger partial charge in [-0.15, -0.1) is 10.2 Å². The zero-order valence-electron chi connectivity index (χ0n) is 16.7. The number of rotatable bonds is 10. The number of aromatic nitrogens is 3. The molecule has 1 atom stereocenters. The van der Waals surface area contributed by atoms with E-state index in [0.29, 0.717) is 25.8 Å². The van der Waals surface area contributed by atoms with E-state index in [1.807, 2.05) is 26.0 Å². The minimum atomic E-state index is -0.247. The number of thioether (sulfide) groups is 1. The first-order valence-electron chi connectivity index (χ1n) is 10.2. The second kappa shape index (κ2) is 10.7. The van der Waals surface area contributed by atoms with Crippen molar-refractivity contribution in [1.82, 2.24) is 20.1 Å². The molecular weight excluding hydrogens is 376 g/mol. The third kappa shape index (κ3) is 5.38. The molecule has 8 heteroatoms. The van der Waals surface area contributed by atoms with Gasteiger partial charge >= 0.3 is 0 Å². The lowest BCUT2D eigenvalue weighted by Crippen LogP contribution is -2.32. The molecule has 1 N–H and O–H groups in total. The maximum absolute atomic E-state index is 12.5. The van der Waals surface area contributed by atoms with E-state index in [1.54, 1.807) is 6.26 Å². The van der Waals surface area contributed by atoms with Gasteiger partial charge in [-0.05, 0) is 45.2 Å². The van der Waals surface area contributed by atoms with Crippen LogP contribution in [0.5, 0.6) is 0 Å². The summed E-state index contributed by atoms with van der Waals surface area (Å²) in [6, 6.07) is 4.12. The molecule has 0 aliphatic heterocycles. The van der Waals surface area contributed by atoms with E-state index < -0.39 is 0 Å². The lowest BCUT2D eigenvalue weighted by molar-refractivity contribution is -0.120. The number of hydrogen-bond donors (Lipinski definition) is 1. The van der Waals surface area contributed by atoms with Gasteiger partial charge in [0.05, 0.1) is 11.5 Å². The predicted molar refractivity (Wildman–Crippen MR) is 109 cm³/mol. The van der Waals surface area contributed by atoms with Gasteiger partial charge in [0.15, 0.2) is 10.9 Å². The van der Waals surface area contributed by atoms with Gasteiger partial charge in [0.25, 0.3) is 0 Å². The smallest absolute Gasteiger partial charge is 0.233 e. The number of carbonyl (C=O) groups excluding carboxylic acids is 1. The Balaban J connectivity index is 1.68. The molecule has 0 saturated heterocycles. The Morgan fingerprint density at radius 1 is 1.39 bits per heavy atom. The van der Waals surface area contributed by atoms with Gasteiger partial charge in [-0.2, -0.15) is 0 Å². The number of nitrogens with zero attached hydrogens (tertiary/aromatic N) is 3. The summed E-state index contributed by atoms with van der Waals surface area (Å²) in [5.41, 5.74) is 0. The highest BCUT2D eigenvalue weighted by atomic mass is 32.2. The van der Waals surface area contributed by atoms with Crippen LogP contribution in [0.4, 0.5) is 0 Å². The fourth-order valence-electron chi connectivity index (χ4n) is 3.49. The first-order valence-corrected chi connectivity index (χ1v) is 11.1. The number of amides is 1. The molecule has 1 aliphatic carbocycles. The highest BCUT2D eigenvalue weighted by Crippen LogP contribution is 2.36. The first-order chi connectivity index (χ1) is 13.7. The lowest BCUT2D eigenvalue weighted by Gasteiger charge is -2.25. The van der Waals surface area contributed by atoms with Crippen LogP contribution in [-0.2, 0) is 9.53 Å². The fourth-order valence-corrected chi connectivity index (χ4v) is 4.43. The number of hydrogen-bond acceptors (Lipinski definition) is 6. The number of furan rings is 1. The first kappa shape index (κ1) is 20.9. The summed E-state index contributed by atoms with van der Waals surface area (Å²) in [6.45, 7) is 5.87. The molecule has 7 nitrogen and oxygen atoms in total. The highest BCUT2D eigenvalue weighted by molar-refractivity contribution is 8.00. The summed E-state index contributed by atoms with van der Waals surface area (Å²) in [5, 5.41) is 12.3. The van der Waals surface area contributed by atoms with Crippen LogP contribution < -0.4 is 5.32 Å². The molecule has 2 aromatic rings. The Morgan fingerprint density at radius 3 is 2.93 bits per heavy atom. The number of nitrogens with one attached hydrogen (secondary N) is 1. The molecule has 0 bridgehead atoms. The SMILES string of the molecule is CCOCCCNC(=O)C(C)Sc1nnc(-c2ccco2)n1C1CCCCC1. The summed E-state index contributed by atoms with van der Waals surface area (Å²) in [5.74, 6) is 1.49. The van der Waals surface area contributed by atoms with E-state index in [1.165, 1.54) is 31.0 Å². The Kier molecular flexibility index (Phi) is 7.97. The largest absolute Gasteiger partial charge is 0.461 e. The van der Waals surface area contributed by atoms with Crippen LogP contribution in [0.25, 0.3) is 11.6 Å². The maximum Gasteiger partial charge on any atom is 0.233 e. The second-order valence-electron chi connectivity index (χ2n) is 7.05. The van der Waals surface area contributed by atoms with Crippen molar-refractivity contribution >= 4 is 17.7 Å². The van der Waals surface area contributed by atoms with E-state index in [4.69, 9.17) is 9.15 Å². The average Bonchev–Trinajstić information content (AvgIpc) is 3.38. The van der Waals surface area contributed by atoms with Gasteiger partial charge in [0.1, 0.15) is 0 Å². The lowest BCUT2D eigenvalue weighted by atomic mass is 9.95. The minimum absolute atomic E-state index is 0.0132. The Labute approximate surface area is 170 Å². The van der Waals surface area contributed by atoms with E-state index >= 15 is 0 Å². The second-order valence-corrected chi connectivity index (χ2v) is 8.35. The van der Waals surface area contributed by atoms with Crippen molar-refractivity contribution < 1.29 is 13.9 Å². The van der Waals surface area contributed by atoms with Crippen LogP contribution in [0, 0.1) is 0 Å². The zero-order valence-corrected chi connectivity index (χ0v) is 17.5. The Morgan fingerprint density at radius 2 is 2.21 bits per heavy atom. The monoisotopic (exact) mass is 406 g/mol. The predicted octanol–water partition coefficient (Wildman–Crippen LogP) is 4.07. The van der Waals surface area contributed by atoms with Gasteiger partial charge in [0, 0.05) is 25.8 Å². The van der Waals surface area contributed by atoms with Gasteiger partial charge in [0.2, 0.25) is 11.7 Å². The molecule has 2 heterocycles. The third-order valence-corrected chi connectivity index (χ3v) is 6.02. The molecule has 1 aliphatic rings. The molecule has 0 radical (unpaired) electrons. The van der Waals surface area contributed by atoms with Crippen molar-refractivity contribution in [3.8, 4) is 11.6 Å². The van der Waals surface area contributed by atoms with E-state index in [0.717, 1.165) is 36.0 Å². The Bertz CT molecular complexity index is 726. The van der Waals surface area contributed by atoms with Crippen LogP contribution >= 0.6 is 11.8 Å². The van der Waals surface area contributed by atoms with Crippen LogP contribution in [0.1, 0.15) is 58.4 Å². The van der Waals surface area contributed by atoms with E-state index in [9.17, 15) is 4.79 Å². The average molecular weight is 407 g/mol. The molecule has 3 rings (SSSR count). The van der Waals surface area contributed by atoms with Gasteiger partial charge in [-0.1, -0.05) is 31.0 Å². The standard InChI is InChI=1S/C20H30N4O3S/c1-3-26-13-8-12-21-19(25)15(2)28-20-23-22-18(17-11-7-14-27-17)24(20)16-9-5-4-6-10-16/h7,11,14-16H,3-6,8-10,12-13H2,1-2H3,(H,21,25). The van der Waals surface area contributed by atoms with Gasteiger partial charge < -0.3 is 14.5 Å². The fraction of sp³-hybridized carbons (Fsp3) is 0.650. The highest BCUT2D eigenvalue weighted by Gasteiger charge is 2.27. The van der Waals surface area contributed by atoms with Crippen LogP contribution in [0.15, 0.2) is 28.0 Å². The normalized spacial score (nSPS) is 16.2. The quantitative estimate of drug-likeness (QED) is 0.473. The van der Waals surface area contributed by atoms with Crippen molar-refractivity contribution in [3.63, 3.8) is 0 Å². The van der Waals surface area contributed by atoms with Crippen molar-refractivity contribution in [2.45, 2.75) is 68.8 Å². The zero-order chi connectivity index (χ0) is 19.8. The van der Waals surface area contributed by atoms with Crippen molar-refractivity contribution in [3.05, 3.63) is 18.4 Å². The molecule has 28 heavy (non-hydrogen) atoms. The topological polar surface area (TPSA) is 82.2 Å². The van der Waals surface area contributed by atoms with Crippen molar-refractivity contribution in [2.75, 3.05) is 19.8 Å². The number of carbonyl (C=O) groups is 1. The van der Waals surface area contributed by atoms with Crippen LogP contribution in [0.3, 0.4) is 0 Å². The molecule has 154 valence electrons. The van der Waals surface area contributed by atoms with Crippen molar-refractivity contribution in [2.24, 2.45) is 0 Å². The molecular formula is C20H30N4O3S. The molecule has 2 aromatic heterocycles. The summed E-state index contributed by atoms with van der Waals surface area (Å²) in [4.78, 5) is 12.5. The molecule has 0 aromatic carbocycles. The molecule has 1 fully saturated rings. The Hall–Kier alpha value is -1.80. The molecule has 1 unspecified atom stereocenters. The van der Waals surface area contributed by atoms with E-state index in [-0.39, 0.29) is 11.2 Å². The van der Waals surface area contributed by atoms with Gasteiger partial charge in [-0.3, -0.25) is 9.36 Å². The summed E-state index contributed by atoms with van der Waals surface area (Å²) in [6.07, 6.45) is 8.38. The van der Waals surface area contributed by atoms with Crippen molar-refractivity contribution in [1.29, 1.82) is 0 Å². The van der Waals surface area contributed by atoms with Crippen LogP contribution in [-0.4, -0.2) is 45.7 Å². The number of ether oxygens (including phenoxy) is 1.